The van der Waals surface area contributed by atoms with Crippen LogP contribution in [0.2, 0.25) is 0 Å². The first-order valence-corrected chi connectivity index (χ1v) is 9.56. The van der Waals surface area contributed by atoms with Crippen molar-refractivity contribution in [2.45, 2.75) is 52.4 Å². The molecule has 0 radical (unpaired) electrons. The molecule has 1 rings (SSSR count). The van der Waals surface area contributed by atoms with E-state index in [-0.39, 0.29) is 5.41 Å². The van der Waals surface area contributed by atoms with Crippen molar-refractivity contribution in [1.29, 1.82) is 0 Å². The van der Waals surface area contributed by atoms with E-state index in [0.29, 0.717) is 5.41 Å². The molecule has 0 aromatic carbocycles. The molecule has 104 valence electrons. The second-order valence-corrected chi connectivity index (χ2v) is 8.13. The van der Waals surface area contributed by atoms with Gasteiger partial charge >= 0.3 is 0 Å². The second kappa shape index (κ2) is 6.85. The van der Waals surface area contributed by atoms with Crippen LogP contribution in [0.15, 0.2) is 5.38 Å². The second-order valence-electron chi connectivity index (χ2n) is 6.07. The number of thiazole rings is 1. The van der Waals surface area contributed by atoms with Crippen molar-refractivity contribution >= 4 is 43.2 Å². The van der Waals surface area contributed by atoms with E-state index in [2.05, 4.69) is 64.9 Å². The molecule has 0 atom stereocenters. The SMILES string of the molecule is CCCC(CBr)(CBr)Cc1nc(C(C)(C)C)cs1. The Kier molecular flexibility index (Phi) is 6.33. The smallest absolute Gasteiger partial charge is 0.0934 e. The lowest BCUT2D eigenvalue weighted by Gasteiger charge is -2.28. The number of rotatable bonds is 6. The van der Waals surface area contributed by atoms with E-state index in [0.717, 1.165) is 17.1 Å². The molecular weight excluding hydrogens is 374 g/mol. The third kappa shape index (κ3) is 4.31. The summed E-state index contributed by atoms with van der Waals surface area (Å²) >= 11 is 9.18. The van der Waals surface area contributed by atoms with Gasteiger partial charge in [0.25, 0.3) is 0 Å². The lowest BCUT2D eigenvalue weighted by atomic mass is 9.84. The number of alkyl halides is 2. The molecule has 0 bridgehead atoms. The fourth-order valence-electron chi connectivity index (χ4n) is 1.94. The molecule has 1 nitrogen and oxygen atoms in total. The fraction of sp³-hybridized carbons (Fsp3) is 0.786. The van der Waals surface area contributed by atoms with Gasteiger partial charge in [-0.05, 0) is 11.8 Å². The first-order chi connectivity index (χ1) is 8.37. The van der Waals surface area contributed by atoms with E-state index in [1.165, 1.54) is 23.5 Å². The lowest BCUT2D eigenvalue weighted by molar-refractivity contribution is 0.350. The summed E-state index contributed by atoms with van der Waals surface area (Å²) in [4.78, 5) is 4.82. The van der Waals surface area contributed by atoms with Gasteiger partial charge in [-0.1, -0.05) is 66.0 Å². The van der Waals surface area contributed by atoms with Gasteiger partial charge in [-0.2, -0.15) is 0 Å². The third-order valence-electron chi connectivity index (χ3n) is 3.19. The normalized spacial score (nSPS) is 13.0. The molecule has 0 saturated heterocycles. The van der Waals surface area contributed by atoms with Crippen LogP contribution in [0.3, 0.4) is 0 Å². The molecule has 0 spiro atoms. The van der Waals surface area contributed by atoms with Crippen LogP contribution in [0, 0.1) is 5.41 Å². The molecule has 0 saturated carbocycles. The number of hydrogen-bond donors (Lipinski definition) is 0. The zero-order chi connectivity index (χ0) is 13.8. The highest BCUT2D eigenvalue weighted by molar-refractivity contribution is 9.09. The van der Waals surface area contributed by atoms with Crippen molar-refractivity contribution in [3.8, 4) is 0 Å². The molecule has 1 aromatic heterocycles. The topological polar surface area (TPSA) is 12.9 Å². The Labute approximate surface area is 132 Å². The number of nitrogens with zero attached hydrogens (tertiary/aromatic N) is 1. The molecule has 0 N–H and O–H groups in total. The maximum atomic E-state index is 4.82. The van der Waals surface area contributed by atoms with Gasteiger partial charge in [-0.25, -0.2) is 4.98 Å². The first-order valence-electron chi connectivity index (χ1n) is 6.44. The number of aromatic nitrogens is 1. The Morgan fingerprint density at radius 2 is 1.83 bits per heavy atom. The van der Waals surface area contributed by atoms with Crippen molar-refractivity contribution in [2.24, 2.45) is 5.41 Å². The molecule has 0 aliphatic carbocycles. The Balaban J connectivity index is 2.85. The zero-order valence-corrected chi connectivity index (χ0v) is 15.7. The van der Waals surface area contributed by atoms with Crippen molar-refractivity contribution in [2.75, 3.05) is 10.7 Å². The van der Waals surface area contributed by atoms with Crippen LogP contribution >= 0.6 is 43.2 Å². The minimum absolute atomic E-state index is 0.158. The van der Waals surface area contributed by atoms with Gasteiger partial charge in [-0.15, -0.1) is 11.3 Å². The van der Waals surface area contributed by atoms with Gasteiger partial charge in [-0.3, -0.25) is 0 Å². The van der Waals surface area contributed by atoms with E-state index in [1.807, 2.05) is 11.3 Å². The van der Waals surface area contributed by atoms with Gasteiger partial charge in [0.05, 0.1) is 10.7 Å². The van der Waals surface area contributed by atoms with E-state index in [9.17, 15) is 0 Å². The van der Waals surface area contributed by atoms with E-state index < -0.39 is 0 Å². The van der Waals surface area contributed by atoms with Crippen LogP contribution in [0.4, 0.5) is 0 Å². The predicted molar refractivity (Wildman–Crippen MR) is 89.4 cm³/mol. The molecule has 0 aliphatic heterocycles. The maximum absolute atomic E-state index is 4.82. The Morgan fingerprint density at radius 3 is 2.22 bits per heavy atom. The van der Waals surface area contributed by atoms with Crippen LogP contribution in [0.1, 0.15) is 51.2 Å². The van der Waals surface area contributed by atoms with Crippen molar-refractivity contribution in [3.63, 3.8) is 0 Å². The molecule has 0 amide bonds. The van der Waals surface area contributed by atoms with Crippen LogP contribution in [0.25, 0.3) is 0 Å². The van der Waals surface area contributed by atoms with Crippen LogP contribution < -0.4 is 0 Å². The van der Waals surface area contributed by atoms with E-state index >= 15 is 0 Å². The van der Waals surface area contributed by atoms with Gasteiger partial charge in [0.15, 0.2) is 0 Å². The molecule has 0 unspecified atom stereocenters. The third-order valence-corrected chi connectivity index (χ3v) is 6.42. The number of hydrogen-bond acceptors (Lipinski definition) is 2. The van der Waals surface area contributed by atoms with E-state index in [4.69, 9.17) is 4.98 Å². The molecule has 0 aliphatic rings. The summed E-state index contributed by atoms with van der Waals surface area (Å²) < 4.78 is 0. The predicted octanol–water partition coefficient (Wildman–Crippen LogP) is 5.56. The fourth-order valence-corrected chi connectivity index (χ4v) is 5.02. The highest BCUT2D eigenvalue weighted by Crippen LogP contribution is 2.35. The zero-order valence-electron chi connectivity index (χ0n) is 11.7. The molecule has 18 heavy (non-hydrogen) atoms. The van der Waals surface area contributed by atoms with Gasteiger partial charge in [0.1, 0.15) is 0 Å². The minimum atomic E-state index is 0.158. The molecule has 1 heterocycles. The highest BCUT2D eigenvalue weighted by atomic mass is 79.9. The molecule has 4 heteroatoms. The summed E-state index contributed by atoms with van der Waals surface area (Å²) in [5.41, 5.74) is 1.68. The summed E-state index contributed by atoms with van der Waals surface area (Å²) in [6.45, 7) is 8.92. The monoisotopic (exact) mass is 395 g/mol. The highest BCUT2D eigenvalue weighted by Gasteiger charge is 2.29. The van der Waals surface area contributed by atoms with Gasteiger partial charge in [0, 0.05) is 27.9 Å². The average molecular weight is 397 g/mol. The van der Waals surface area contributed by atoms with Crippen molar-refractivity contribution in [1.82, 2.24) is 4.98 Å². The summed E-state index contributed by atoms with van der Waals surface area (Å²) in [5.74, 6) is 0. The van der Waals surface area contributed by atoms with Crippen LogP contribution in [-0.2, 0) is 11.8 Å². The molecule has 1 aromatic rings. The standard InChI is InChI=1S/C14H23Br2NS/c1-5-6-14(9-15,10-16)7-12-17-11(8-18-12)13(2,3)4/h8H,5-7,9-10H2,1-4H3. The Hall–Kier alpha value is 0.590. The Bertz CT molecular complexity index is 364. The number of halogens is 2. The summed E-state index contributed by atoms with van der Waals surface area (Å²) in [5, 5.41) is 5.55. The van der Waals surface area contributed by atoms with Crippen molar-refractivity contribution in [3.05, 3.63) is 16.1 Å². The van der Waals surface area contributed by atoms with Crippen LogP contribution in [-0.4, -0.2) is 15.6 Å². The van der Waals surface area contributed by atoms with Gasteiger partial charge in [0.2, 0.25) is 0 Å². The summed E-state index contributed by atoms with van der Waals surface area (Å²) in [6.07, 6.45) is 3.51. The largest absolute Gasteiger partial charge is 0.246 e. The lowest BCUT2D eigenvalue weighted by Crippen LogP contribution is -2.27. The molecular formula is C14H23Br2NS. The van der Waals surface area contributed by atoms with E-state index in [1.54, 1.807) is 0 Å². The minimum Gasteiger partial charge on any atom is -0.246 e. The van der Waals surface area contributed by atoms with Crippen molar-refractivity contribution < 1.29 is 0 Å². The first kappa shape index (κ1) is 16.6. The Morgan fingerprint density at radius 1 is 1.22 bits per heavy atom. The quantitative estimate of drug-likeness (QED) is 0.573. The summed E-state index contributed by atoms with van der Waals surface area (Å²) in [7, 11) is 0. The molecule has 0 fully saturated rings. The van der Waals surface area contributed by atoms with Crippen LogP contribution in [0.5, 0.6) is 0 Å². The summed E-state index contributed by atoms with van der Waals surface area (Å²) in [6, 6.07) is 0. The maximum Gasteiger partial charge on any atom is 0.0934 e. The van der Waals surface area contributed by atoms with Gasteiger partial charge < -0.3 is 0 Å². The average Bonchev–Trinajstić information content (AvgIpc) is 2.76.